The normalized spacial score (nSPS) is 18.1. The summed E-state index contributed by atoms with van der Waals surface area (Å²) >= 11 is 30.9. The number of benzene rings is 3. The molecule has 0 unspecified atom stereocenters. The van der Waals surface area contributed by atoms with Gasteiger partial charge in [0.05, 0.1) is 37.9 Å². The summed E-state index contributed by atoms with van der Waals surface area (Å²) in [5.74, 6) is -4.64. The lowest BCUT2D eigenvalue weighted by Crippen LogP contribution is -2.18. The summed E-state index contributed by atoms with van der Waals surface area (Å²) in [6.45, 7) is 0. The van der Waals surface area contributed by atoms with Crippen molar-refractivity contribution in [3.05, 3.63) is 86.4 Å². The molecular weight excluding hydrogens is 566 g/mol. The molecule has 3 aromatic carbocycles. The van der Waals surface area contributed by atoms with Gasteiger partial charge in [-0.3, -0.25) is 9.59 Å². The maximum atomic E-state index is 14.0. The Bertz CT molecular complexity index is 1370. The highest BCUT2D eigenvalue weighted by Crippen LogP contribution is 2.65. The minimum Gasteiger partial charge on any atom is -0.396 e. The molecule has 12 heteroatoms. The fourth-order valence-corrected chi connectivity index (χ4v) is 4.96. The quantitative estimate of drug-likeness (QED) is 0.219. The first-order chi connectivity index (χ1) is 16.4. The van der Waals surface area contributed by atoms with E-state index in [0.717, 1.165) is 6.07 Å². The van der Waals surface area contributed by atoms with Gasteiger partial charge < -0.3 is 16.4 Å². The monoisotopic (exact) mass is 577 g/mol. The van der Waals surface area contributed by atoms with Crippen LogP contribution in [0.5, 0.6) is 0 Å². The number of carbonyl (C=O) groups is 2. The molecule has 0 aromatic heterocycles. The number of hydrogen-bond acceptors (Lipinski definition) is 3. The first-order valence-corrected chi connectivity index (χ1v) is 11.8. The molecule has 35 heavy (non-hydrogen) atoms. The third-order valence-electron chi connectivity index (χ3n) is 5.45. The first kappa shape index (κ1) is 25.8. The predicted molar refractivity (Wildman–Crippen MR) is 136 cm³/mol. The number of nitrogens with two attached hydrogens (primary N) is 1. The van der Waals surface area contributed by atoms with Gasteiger partial charge in [-0.1, -0.05) is 40.9 Å². The molecule has 2 atom stereocenters. The van der Waals surface area contributed by atoms with Gasteiger partial charge in [0.15, 0.2) is 0 Å². The zero-order valence-corrected chi connectivity index (χ0v) is 21.1. The molecule has 2 amide bonds. The van der Waals surface area contributed by atoms with Crippen molar-refractivity contribution in [2.24, 2.45) is 5.92 Å². The van der Waals surface area contributed by atoms with E-state index in [0.29, 0.717) is 21.7 Å². The molecule has 4 N–H and O–H groups in total. The summed E-state index contributed by atoms with van der Waals surface area (Å²) in [7, 11) is 0. The highest BCUT2D eigenvalue weighted by Gasteiger charge is 2.67. The van der Waals surface area contributed by atoms with Crippen LogP contribution in [0.1, 0.15) is 21.8 Å². The van der Waals surface area contributed by atoms with Gasteiger partial charge in [0, 0.05) is 17.7 Å². The van der Waals surface area contributed by atoms with Gasteiger partial charge in [-0.2, -0.15) is 0 Å². The van der Waals surface area contributed by atoms with Gasteiger partial charge in [-0.05, 0) is 42.0 Å². The lowest BCUT2D eigenvalue weighted by molar-refractivity contribution is -0.117. The molecule has 1 fully saturated rings. The number of carbonyl (C=O) groups excluding carboxylic acids is 2. The molecule has 1 saturated carbocycles. The van der Waals surface area contributed by atoms with Gasteiger partial charge >= 0.3 is 0 Å². The van der Waals surface area contributed by atoms with E-state index in [1.54, 1.807) is 18.2 Å². The number of nitrogens with one attached hydrogen (secondary N) is 2. The Morgan fingerprint density at radius 2 is 1.54 bits per heavy atom. The van der Waals surface area contributed by atoms with Crippen LogP contribution >= 0.6 is 58.0 Å². The van der Waals surface area contributed by atoms with E-state index in [4.69, 9.17) is 63.7 Å². The third-order valence-corrected chi connectivity index (χ3v) is 7.46. The van der Waals surface area contributed by atoms with Crippen LogP contribution < -0.4 is 16.4 Å². The highest BCUT2D eigenvalue weighted by molar-refractivity contribution is 6.53. The Labute approximate surface area is 223 Å². The van der Waals surface area contributed by atoms with Crippen LogP contribution in [0, 0.1) is 17.6 Å². The van der Waals surface area contributed by atoms with Gasteiger partial charge in [0.1, 0.15) is 16.0 Å². The second-order valence-electron chi connectivity index (χ2n) is 7.79. The fourth-order valence-electron chi connectivity index (χ4n) is 3.62. The van der Waals surface area contributed by atoms with Crippen molar-refractivity contribution in [3.63, 3.8) is 0 Å². The number of hydrogen-bond donors (Lipinski definition) is 3. The molecule has 1 aliphatic carbocycles. The Morgan fingerprint density at radius 3 is 2.23 bits per heavy atom. The molecule has 0 radical (unpaired) electrons. The van der Waals surface area contributed by atoms with E-state index in [1.165, 1.54) is 18.2 Å². The minimum atomic E-state index is -1.38. The van der Waals surface area contributed by atoms with Crippen LogP contribution in [-0.4, -0.2) is 16.1 Å². The standard InChI is InChI=1S/C23H14Cl5F2N3O2/c24-12-4-2-10(6-11(12)21(34)33-18-8-17(31)15(29)7-16(18)30)32-22(35)20-19(23(20,27)28)9-1-3-13(25)14(26)5-9/h1-8,19-20H,31H2,(H,32,35)(H,33,34)/t19-,20+/m0/s1. The average molecular weight is 580 g/mol. The Kier molecular flexibility index (Phi) is 7.10. The molecular formula is C23H14Cl5F2N3O2. The second kappa shape index (κ2) is 9.64. The maximum Gasteiger partial charge on any atom is 0.257 e. The zero-order chi connectivity index (χ0) is 25.7. The van der Waals surface area contributed by atoms with Gasteiger partial charge in [0.25, 0.3) is 5.91 Å². The van der Waals surface area contributed by atoms with Crippen molar-refractivity contribution in [1.29, 1.82) is 0 Å². The molecule has 182 valence electrons. The number of anilines is 3. The molecule has 5 nitrogen and oxygen atoms in total. The molecule has 0 bridgehead atoms. The summed E-state index contributed by atoms with van der Waals surface area (Å²) in [5.41, 5.74) is 5.53. The van der Waals surface area contributed by atoms with Crippen molar-refractivity contribution >= 4 is 86.9 Å². The van der Waals surface area contributed by atoms with Crippen LogP contribution in [0.2, 0.25) is 15.1 Å². The zero-order valence-electron chi connectivity index (χ0n) is 17.3. The van der Waals surface area contributed by atoms with Crippen LogP contribution in [-0.2, 0) is 4.79 Å². The summed E-state index contributed by atoms with van der Waals surface area (Å²) in [5, 5.41) is 5.60. The van der Waals surface area contributed by atoms with Crippen LogP contribution in [0.4, 0.5) is 25.8 Å². The molecule has 1 aliphatic rings. The lowest BCUT2D eigenvalue weighted by Gasteiger charge is -2.11. The second-order valence-corrected chi connectivity index (χ2v) is 10.5. The topological polar surface area (TPSA) is 84.2 Å². The van der Waals surface area contributed by atoms with Gasteiger partial charge in [-0.25, -0.2) is 8.78 Å². The Balaban J connectivity index is 1.52. The largest absolute Gasteiger partial charge is 0.396 e. The predicted octanol–water partition coefficient (Wildman–Crippen LogP) is 7.29. The summed E-state index contributed by atoms with van der Waals surface area (Å²) in [4.78, 5) is 25.6. The molecule has 0 aliphatic heterocycles. The maximum absolute atomic E-state index is 14.0. The summed E-state index contributed by atoms with van der Waals surface area (Å²) in [6.07, 6.45) is 0. The van der Waals surface area contributed by atoms with Crippen molar-refractivity contribution in [2.75, 3.05) is 16.4 Å². The van der Waals surface area contributed by atoms with Crippen LogP contribution in [0.25, 0.3) is 0 Å². The van der Waals surface area contributed by atoms with E-state index in [1.807, 2.05) is 0 Å². The first-order valence-electron chi connectivity index (χ1n) is 9.89. The molecule has 0 saturated heterocycles. The number of rotatable bonds is 5. The molecule has 0 spiro atoms. The molecule has 3 aromatic rings. The number of amides is 2. The van der Waals surface area contributed by atoms with Crippen molar-refractivity contribution in [1.82, 2.24) is 0 Å². The number of nitrogen functional groups attached to an aromatic ring is 1. The van der Waals surface area contributed by atoms with E-state index in [9.17, 15) is 18.4 Å². The van der Waals surface area contributed by atoms with Crippen molar-refractivity contribution in [3.8, 4) is 0 Å². The molecule has 4 rings (SSSR count). The minimum absolute atomic E-state index is 0.0279. The number of alkyl halides is 2. The SMILES string of the molecule is Nc1cc(NC(=O)c2cc(NC(=O)[C@H]3[C@H](c4ccc(Cl)c(Cl)c4)C3(Cl)Cl)ccc2Cl)c(F)cc1F. The van der Waals surface area contributed by atoms with Crippen molar-refractivity contribution in [2.45, 2.75) is 10.3 Å². The van der Waals surface area contributed by atoms with E-state index in [2.05, 4.69) is 10.6 Å². The molecule has 0 heterocycles. The third kappa shape index (κ3) is 5.15. The summed E-state index contributed by atoms with van der Waals surface area (Å²) < 4.78 is 26.0. The van der Waals surface area contributed by atoms with Gasteiger partial charge in [-0.15, -0.1) is 23.2 Å². The van der Waals surface area contributed by atoms with Crippen LogP contribution in [0.3, 0.4) is 0 Å². The van der Waals surface area contributed by atoms with Crippen molar-refractivity contribution < 1.29 is 18.4 Å². The fraction of sp³-hybridized carbons (Fsp3) is 0.130. The highest BCUT2D eigenvalue weighted by atomic mass is 35.5. The Hall–Kier alpha value is -2.29. The average Bonchev–Trinajstić information content (AvgIpc) is 3.37. The van der Waals surface area contributed by atoms with Crippen LogP contribution in [0.15, 0.2) is 48.5 Å². The van der Waals surface area contributed by atoms with E-state index >= 15 is 0 Å². The smallest absolute Gasteiger partial charge is 0.257 e. The lowest BCUT2D eigenvalue weighted by atomic mass is 10.1. The van der Waals surface area contributed by atoms with E-state index in [-0.39, 0.29) is 27.6 Å². The van der Waals surface area contributed by atoms with E-state index < -0.39 is 39.6 Å². The number of halogens is 7. The Morgan fingerprint density at radius 1 is 0.857 bits per heavy atom. The van der Waals surface area contributed by atoms with Gasteiger partial charge in [0.2, 0.25) is 5.91 Å². The summed E-state index contributed by atoms with van der Waals surface area (Å²) in [6, 6.07) is 10.5.